The van der Waals surface area contributed by atoms with Crippen molar-refractivity contribution in [3.8, 4) is 0 Å². The normalized spacial score (nSPS) is 20.9. The Kier molecular flexibility index (Phi) is 5.69. The highest BCUT2D eigenvalue weighted by molar-refractivity contribution is 5.75. The molecule has 24 heavy (non-hydrogen) atoms. The number of rotatable bonds is 6. The monoisotopic (exact) mass is 330 g/mol. The zero-order valence-electron chi connectivity index (χ0n) is 14.2. The number of aromatic nitrogens is 2. The quantitative estimate of drug-likeness (QED) is 0.762. The number of nitrogens with one attached hydrogen (secondary N) is 3. The summed E-state index contributed by atoms with van der Waals surface area (Å²) in [5.41, 5.74) is 1.99. The highest BCUT2D eigenvalue weighted by atomic mass is 16.5. The Bertz CT molecular complexity index is 637. The maximum absolute atomic E-state index is 11.8. The molecule has 1 fully saturated rings. The van der Waals surface area contributed by atoms with Crippen LogP contribution in [0.25, 0.3) is 11.0 Å². The van der Waals surface area contributed by atoms with Gasteiger partial charge in [0.05, 0.1) is 17.1 Å². The van der Waals surface area contributed by atoms with Crippen molar-refractivity contribution >= 4 is 17.1 Å². The van der Waals surface area contributed by atoms with Gasteiger partial charge in [0.15, 0.2) is 0 Å². The number of H-pyrrole nitrogens is 1. The molecule has 1 aliphatic heterocycles. The number of aromatic amines is 1. The topological polar surface area (TPSA) is 79.0 Å². The fourth-order valence-electron chi connectivity index (χ4n) is 3.22. The van der Waals surface area contributed by atoms with Gasteiger partial charge in [-0.3, -0.25) is 0 Å². The van der Waals surface area contributed by atoms with Crippen LogP contribution in [0.3, 0.4) is 0 Å². The third-order valence-electron chi connectivity index (χ3n) is 4.52. The molecular formula is C18H26N4O2. The summed E-state index contributed by atoms with van der Waals surface area (Å²) in [5.74, 6) is 1.55. The van der Waals surface area contributed by atoms with Crippen LogP contribution >= 0.6 is 0 Å². The number of hydrogen-bond donors (Lipinski definition) is 3. The molecule has 0 saturated carbocycles. The van der Waals surface area contributed by atoms with Crippen LogP contribution in [-0.2, 0) is 11.2 Å². The molecule has 1 aliphatic rings. The number of fused-ring (bicyclic) bond motifs is 1. The molecule has 1 aromatic heterocycles. The van der Waals surface area contributed by atoms with E-state index < -0.39 is 0 Å². The number of hydrogen-bond acceptors (Lipinski definition) is 3. The molecule has 6 nitrogen and oxygen atoms in total. The van der Waals surface area contributed by atoms with Crippen LogP contribution in [0, 0.1) is 5.92 Å². The van der Waals surface area contributed by atoms with E-state index in [9.17, 15) is 4.79 Å². The Morgan fingerprint density at radius 2 is 2.17 bits per heavy atom. The van der Waals surface area contributed by atoms with Crippen LogP contribution in [0.5, 0.6) is 0 Å². The number of nitrogens with zero attached hydrogens (tertiary/aromatic N) is 1. The molecule has 3 N–H and O–H groups in total. The number of imidazole rings is 1. The van der Waals surface area contributed by atoms with Crippen molar-refractivity contribution in [1.82, 2.24) is 20.6 Å². The van der Waals surface area contributed by atoms with Crippen molar-refractivity contribution in [2.75, 3.05) is 19.7 Å². The standard InChI is InChI=1S/C18H26N4O2/c1-13-12-14(8-11-24-13)6-9-19-18(23)20-10-7-17-21-15-4-2-3-5-16(15)22-17/h2-5,13-14H,6-12H2,1H3,(H,21,22)(H2,19,20,23)/t13-,14-/m0/s1. The van der Waals surface area contributed by atoms with E-state index in [2.05, 4.69) is 27.5 Å². The lowest BCUT2D eigenvalue weighted by Crippen LogP contribution is -2.38. The first-order chi connectivity index (χ1) is 11.7. The summed E-state index contributed by atoms with van der Waals surface area (Å²) >= 11 is 0. The van der Waals surface area contributed by atoms with Crippen LogP contribution in [0.1, 0.15) is 32.0 Å². The molecule has 2 heterocycles. The molecule has 130 valence electrons. The lowest BCUT2D eigenvalue weighted by Gasteiger charge is -2.27. The first kappa shape index (κ1) is 16.8. The highest BCUT2D eigenvalue weighted by Crippen LogP contribution is 2.22. The average Bonchev–Trinajstić information content (AvgIpc) is 2.97. The molecule has 2 aromatic rings. The van der Waals surface area contributed by atoms with Gasteiger partial charge in [-0.05, 0) is 44.2 Å². The number of ether oxygens (including phenoxy) is 1. The first-order valence-corrected chi connectivity index (χ1v) is 8.77. The van der Waals surface area contributed by atoms with Crippen molar-refractivity contribution < 1.29 is 9.53 Å². The molecule has 0 aliphatic carbocycles. The van der Waals surface area contributed by atoms with Crippen molar-refractivity contribution in [3.63, 3.8) is 0 Å². The van der Waals surface area contributed by atoms with Crippen LogP contribution < -0.4 is 10.6 Å². The summed E-state index contributed by atoms with van der Waals surface area (Å²) in [6, 6.07) is 7.83. The third kappa shape index (κ3) is 4.71. The van der Waals surface area contributed by atoms with E-state index in [0.29, 0.717) is 31.5 Å². The summed E-state index contributed by atoms with van der Waals surface area (Å²) in [5, 5.41) is 5.82. The van der Waals surface area contributed by atoms with Crippen LogP contribution in [0.4, 0.5) is 4.79 Å². The summed E-state index contributed by atoms with van der Waals surface area (Å²) in [4.78, 5) is 19.6. The number of urea groups is 1. The van der Waals surface area contributed by atoms with Crippen molar-refractivity contribution in [2.24, 2.45) is 5.92 Å². The van der Waals surface area contributed by atoms with Gasteiger partial charge in [0.1, 0.15) is 5.82 Å². The Morgan fingerprint density at radius 3 is 3.00 bits per heavy atom. The van der Waals surface area contributed by atoms with Gasteiger partial charge in [-0.25, -0.2) is 9.78 Å². The van der Waals surface area contributed by atoms with Gasteiger partial charge < -0.3 is 20.4 Å². The molecule has 0 radical (unpaired) electrons. The van der Waals surface area contributed by atoms with Crippen molar-refractivity contribution in [2.45, 2.75) is 38.7 Å². The fourth-order valence-corrected chi connectivity index (χ4v) is 3.22. The minimum Gasteiger partial charge on any atom is -0.378 e. The van der Waals surface area contributed by atoms with E-state index in [1.54, 1.807) is 0 Å². The zero-order chi connectivity index (χ0) is 16.8. The van der Waals surface area contributed by atoms with Crippen LogP contribution in [0.15, 0.2) is 24.3 Å². The summed E-state index contributed by atoms with van der Waals surface area (Å²) < 4.78 is 5.54. The highest BCUT2D eigenvalue weighted by Gasteiger charge is 2.18. The van der Waals surface area contributed by atoms with Gasteiger partial charge in [-0.2, -0.15) is 0 Å². The van der Waals surface area contributed by atoms with E-state index in [4.69, 9.17) is 4.74 Å². The second kappa shape index (κ2) is 8.15. The summed E-state index contributed by atoms with van der Waals surface area (Å²) in [7, 11) is 0. The largest absolute Gasteiger partial charge is 0.378 e. The molecule has 2 amide bonds. The number of benzene rings is 1. The Morgan fingerprint density at radius 1 is 1.33 bits per heavy atom. The summed E-state index contributed by atoms with van der Waals surface area (Å²) in [6.07, 6.45) is 4.25. The minimum absolute atomic E-state index is 0.105. The Hall–Kier alpha value is -2.08. The Balaban J connectivity index is 1.32. The molecule has 2 atom stereocenters. The molecule has 3 rings (SSSR count). The third-order valence-corrected chi connectivity index (χ3v) is 4.52. The van der Waals surface area contributed by atoms with E-state index in [0.717, 1.165) is 42.7 Å². The van der Waals surface area contributed by atoms with Crippen molar-refractivity contribution in [1.29, 1.82) is 0 Å². The molecule has 0 bridgehead atoms. The van der Waals surface area contributed by atoms with Gasteiger partial charge >= 0.3 is 6.03 Å². The van der Waals surface area contributed by atoms with E-state index in [-0.39, 0.29) is 6.03 Å². The smallest absolute Gasteiger partial charge is 0.314 e. The molecular weight excluding hydrogens is 304 g/mol. The van der Waals surface area contributed by atoms with Gasteiger partial charge in [-0.1, -0.05) is 12.1 Å². The van der Waals surface area contributed by atoms with Gasteiger partial charge in [0.25, 0.3) is 0 Å². The lowest BCUT2D eigenvalue weighted by atomic mass is 9.93. The van der Waals surface area contributed by atoms with Gasteiger partial charge in [0.2, 0.25) is 0 Å². The lowest BCUT2D eigenvalue weighted by molar-refractivity contribution is 0.00117. The van der Waals surface area contributed by atoms with E-state index >= 15 is 0 Å². The molecule has 6 heteroatoms. The first-order valence-electron chi connectivity index (χ1n) is 8.77. The Labute approximate surface area is 142 Å². The van der Waals surface area contributed by atoms with Crippen LogP contribution in [-0.4, -0.2) is 41.8 Å². The summed E-state index contributed by atoms with van der Waals surface area (Å²) in [6.45, 7) is 4.24. The average molecular weight is 330 g/mol. The molecule has 1 saturated heterocycles. The second-order valence-corrected chi connectivity index (χ2v) is 6.49. The van der Waals surface area contributed by atoms with E-state index in [1.165, 1.54) is 0 Å². The molecule has 0 unspecified atom stereocenters. The van der Waals surface area contributed by atoms with Crippen LogP contribution in [0.2, 0.25) is 0 Å². The number of carbonyl (C=O) groups excluding carboxylic acids is 1. The van der Waals surface area contributed by atoms with E-state index in [1.807, 2.05) is 24.3 Å². The fraction of sp³-hybridized carbons (Fsp3) is 0.556. The maximum atomic E-state index is 11.8. The minimum atomic E-state index is -0.105. The van der Waals surface area contributed by atoms with Crippen molar-refractivity contribution in [3.05, 3.63) is 30.1 Å². The molecule has 0 spiro atoms. The number of para-hydroxylation sites is 2. The SMILES string of the molecule is C[C@H]1C[C@@H](CCNC(=O)NCCc2nc3ccccc3[nH]2)CCO1. The predicted octanol–water partition coefficient (Wildman–Crippen LogP) is 2.61. The second-order valence-electron chi connectivity index (χ2n) is 6.49. The predicted molar refractivity (Wildman–Crippen MR) is 94.0 cm³/mol. The van der Waals surface area contributed by atoms with Gasteiger partial charge in [0, 0.05) is 26.1 Å². The number of amides is 2. The maximum Gasteiger partial charge on any atom is 0.314 e. The molecule has 1 aromatic carbocycles. The number of carbonyl (C=O) groups is 1. The zero-order valence-corrected chi connectivity index (χ0v) is 14.2. The van der Waals surface area contributed by atoms with Gasteiger partial charge in [-0.15, -0.1) is 0 Å².